The minimum Gasteiger partial charge on any atom is -0.494 e. The molecule has 0 atom stereocenters. The monoisotopic (exact) mass is 279 g/mol. The van der Waals surface area contributed by atoms with Crippen LogP contribution in [-0.4, -0.2) is 25.5 Å². The molecule has 0 spiro atoms. The fourth-order valence-corrected chi connectivity index (χ4v) is 1.67. The maximum absolute atomic E-state index is 11.6. The van der Waals surface area contributed by atoms with E-state index >= 15 is 0 Å². The lowest BCUT2D eigenvalue weighted by Crippen LogP contribution is -2.16. The Balaban J connectivity index is 2.79. The van der Waals surface area contributed by atoms with Gasteiger partial charge in [-0.25, -0.2) is 0 Å². The van der Waals surface area contributed by atoms with E-state index in [1.165, 1.54) is 7.11 Å². The average molecular weight is 279 g/mol. The number of hydrogen-bond donors (Lipinski definition) is 3. The topological polar surface area (TPSA) is 93.5 Å². The third-order valence-electron chi connectivity index (χ3n) is 2.61. The van der Waals surface area contributed by atoms with Crippen LogP contribution >= 0.6 is 0 Å². The lowest BCUT2D eigenvalue weighted by molar-refractivity contribution is -0.117. The summed E-state index contributed by atoms with van der Waals surface area (Å²) >= 11 is 0. The number of methoxy groups -OCH3 is 1. The zero-order valence-corrected chi connectivity index (χ0v) is 11.9. The Morgan fingerprint density at radius 2 is 1.90 bits per heavy atom. The number of nitrogens with one attached hydrogen (secondary N) is 2. The van der Waals surface area contributed by atoms with Crippen molar-refractivity contribution < 1.29 is 14.3 Å². The van der Waals surface area contributed by atoms with E-state index in [0.29, 0.717) is 30.1 Å². The fraction of sp³-hybridized carbons (Fsp3) is 0.429. The smallest absolute Gasteiger partial charge is 0.225 e. The van der Waals surface area contributed by atoms with Crippen LogP contribution in [0.3, 0.4) is 0 Å². The predicted octanol–water partition coefficient (Wildman–Crippen LogP) is 1.72. The number of anilines is 2. The summed E-state index contributed by atoms with van der Waals surface area (Å²) in [5.41, 5.74) is 6.50. The van der Waals surface area contributed by atoms with Gasteiger partial charge in [-0.2, -0.15) is 0 Å². The van der Waals surface area contributed by atoms with E-state index in [1.54, 1.807) is 18.2 Å². The van der Waals surface area contributed by atoms with Gasteiger partial charge in [0, 0.05) is 31.1 Å². The lowest BCUT2D eigenvalue weighted by Gasteiger charge is -2.12. The standard InChI is InChI=1S/C14H21N3O3/c1-3-4-13(18)17-11-6-5-10(9-12(11)20-2)16-14(19)7-8-15/h5-6,9H,3-4,7-8,15H2,1-2H3,(H,16,19)(H,17,18). The minimum absolute atomic E-state index is 0.0642. The number of carbonyl (C=O) groups excluding carboxylic acids is 2. The van der Waals surface area contributed by atoms with Crippen molar-refractivity contribution in [1.29, 1.82) is 0 Å². The Labute approximate surface area is 118 Å². The van der Waals surface area contributed by atoms with Gasteiger partial charge in [-0.15, -0.1) is 0 Å². The van der Waals surface area contributed by atoms with Crippen molar-refractivity contribution in [3.05, 3.63) is 18.2 Å². The van der Waals surface area contributed by atoms with E-state index in [0.717, 1.165) is 6.42 Å². The molecular formula is C14H21N3O3. The van der Waals surface area contributed by atoms with Crippen LogP contribution in [0.15, 0.2) is 18.2 Å². The van der Waals surface area contributed by atoms with Gasteiger partial charge >= 0.3 is 0 Å². The quantitative estimate of drug-likeness (QED) is 0.708. The largest absolute Gasteiger partial charge is 0.494 e. The summed E-state index contributed by atoms with van der Waals surface area (Å²) in [5, 5.41) is 5.48. The van der Waals surface area contributed by atoms with Gasteiger partial charge in [0.1, 0.15) is 5.75 Å². The zero-order valence-electron chi connectivity index (χ0n) is 11.9. The third kappa shape index (κ3) is 4.89. The molecule has 6 heteroatoms. The molecule has 0 saturated carbocycles. The molecule has 0 saturated heterocycles. The zero-order chi connectivity index (χ0) is 15.0. The van der Waals surface area contributed by atoms with Crippen molar-refractivity contribution in [2.45, 2.75) is 26.2 Å². The highest BCUT2D eigenvalue weighted by molar-refractivity contribution is 5.94. The van der Waals surface area contributed by atoms with Crippen molar-refractivity contribution in [2.75, 3.05) is 24.3 Å². The van der Waals surface area contributed by atoms with Crippen LogP contribution in [-0.2, 0) is 9.59 Å². The summed E-state index contributed by atoms with van der Waals surface area (Å²) in [7, 11) is 1.51. The van der Waals surface area contributed by atoms with E-state index < -0.39 is 0 Å². The molecule has 4 N–H and O–H groups in total. The van der Waals surface area contributed by atoms with Gasteiger partial charge < -0.3 is 21.1 Å². The Morgan fingerprint density at radius 3 is 2.50 bits per heavy atom. The third-order valence-corrected chi connectivity index (χ3v) is 2.61. The summed E-state index contributed by atoms with van der Waals surface area (Å²) in [6, 6.07) is 5.07. The number of ether oxygens (including phenoxy) is 1. The number of nitrogens with two attached hydrogens (primary N) is 1. The average Bonchev–Trinajstić information content (AvgIpc) is 2.41. The van der Waals surface area contributed by atoms with Crippen molar-refractivity contribution in [3.8, 4) is 5.75 Å². The van der Waals surface area contributed by atoms with Crippen molar-refractivity contribution in [1.82, 2.24) is 0 Å². The van der Waals surface area contributed by atoms with Gasteiger partial charge in [-0.1, -0.05) is 6.92 Å². The van der Waals surface area contributed by atoms with Gasteiger partial charge in [-0.05, 0) is 18.6 Å². The second kappa shape index (κ2) is 8.16. The molecule has 1 aromatic rings. The van der Waals surface area contributed by atoms with E-state index in [9.17, 15) is 9.59 Å². The lowest BCUT2D eigenvalue weighted by atomic mass is 10.2. The Bertz CT molecular complexity index is 475. The fourth-order valence-electron chi connectivity index (χ4n) is 1.67. The molecule has 0 radical (unpaired) electrons. The summed E-state index contributed by atoms with van der Waals surface area (Å²) < 4.78 is 5.22. The normalized spacial score (nSPS) is 9.95. The van der Waals surface area contributed by atoms with Crippen molar-refractivity contribution in [2.24, 2.45) is 5.73 Å². The van der Waals surface area contributed by atoms with Crippen LogP contribution in [0.2, 0.25) is 0 Å². The molecule has 2 amide bonds. The molecule has 0 fully saturated rings. The number of amides is 2. The first-order chi connectivity index (χ1) is 9.60. The highest BCUT2D eigenvalue weighted by Gasteiger charge is 2.09. The summed E-state index contributed by atoms with van der Waals surface area (Å²) in [4.78, 5) is 23.0. The van der Waals surface area contributed by atoms with Crippen LogP contribution in [0.25, 0.3) is 0 Å². The minimum atomic E-state index is -0.155. The Kier molecular flexibility index (Phi) is 6.52. The molecule has 1 aromatic carbocycles. The van der Waals surface area contributed by atoms with Crippen LogP contribution < -0.4 is 21.1 Å². The second-order valence-electron chi connectivity index (χ2n) is 4.30. The van der Waals surface area contributed by atoms with Crippen molar-refractivity contribution >= 4 is 23.2 Å². The molecule has 1 rings (SSSR count). The van der Waals surface area contributed by atoms with Crippen LogP contribution in [0.4, 0.5) is 11.4 Å². The molecule has 0 aliphatic rings. The Hall–Kier alpha value is -2.08. The number of benzene rings is 1. The van der Waals surface area contributed by atoms with Crippen LogP contribution in [0, 0.1) is 0 Å². The maximum Gasteiger partial charge on any atom is 0.225 e. The van der Waals surface area contributed by atoms with E-state index in [4.69, 9.17) is 10.5 Å². The number of hydrogen-bond acceptors (Lipinski definition) is 4. The van der Waals surface area contributed by atoms with E-state index in [2.05, 4.69) is 10.6 Å². The molecule has 0 bridgehead atoms. The van der Waals surface area contributed by atoms with Gasteiger partial charge in [0.05, 0.1) is 12.8 Å². The highest BCUT2D eigenvalue weighted by Crippen LogP contribution is 2.28. The molecule has 20 heavy (non-hydrogen) atoms. The summed E-state index contributed by atoms with van der Waals surface area (Å²) in [5.74, 6) is 0.281. The molecule has 0 aliphatic heterocycles. The van der Waals surface area contributed by atoms with Gasteiger partial charge in [-0.3, -0.25) is 9.59 Å². The first-order valence-electron chi connectivity index (χ1n) is 6.58. The van der Waals surface area contributed by atoms with Gasteiger partial charge in [0.2, 0.25) is 11.8 Å². The molecule has 6 nitrogen and oxygen atoms in total. The molecule has 0 aromatic heterocycles. The summed E-state index contributed by atoms with van der Waals surface area (Å²) in [6.07, 6.45) is 1.50. The van der Waals surface area contributed by atoms with Crippen LogP contribution in [0.5, 0.6) is 5.75 Å². The number of carbonyl (C=O) groups is 2. The summed E-state index contributed by atoms with van der Waals surface area (Å²) in [6.45, 7) is 2.24. The van der Waals surface area contributed by atoms with E-state index in [1.807, 2.05) is 6.92 Å². The highest BCUT2D eigenvalue weighted by atomic mass is 16.5. The van der Waals surface area contributed by atoms with Crippen LogP contribution in [0.1, 0.15) is 26.2 Å². The molecule has 0 aliphatic carbocycles. The first kappa shape index (κ1) is 16.0. The first-order valence-corrected chi connectivity index (χ1v) is 6.58. The molecule has 0 unspecified atom stereocenters. The van der Waals surface area contributed by atoms with Gasteiger partial charge in [0.25, 0.3) is 0 Å². The van der Waals surface area contributed by atoms with Crippen molar-refractivity contribution in [3.63, 3.8) is 0 Å². The molecule has 110 valence electrons. The molecular weight excluding hydrogens is 258 g/mol. The second-order valence-corrected chi connectivity index (χ2v) is 4.30. The Morgan fingerprint density at radius 1 is 1.20 bits per heavy atom. The van der Waals surface area contributed by atoms with E-state index in [-0.39, 0.29) is 18.2 Å². The molecule has 0 heterocycles. The number of rotatable bonds is 7. The SMILES string of the molecule is CCCC(=O)Nc1ccc(NC(=O)CCN)cc1OC. The van der Waals surface area contributed by atoms with Gasteiger partial charge in [0.15, 0.2) is 0 Å². The predicted molar refractivity (Wildman–Crippen MR) is 78.8 cm³/mol. The maximum atomic E-state index is 11.6.